The standard InChI is InChI=1S/C25H25F2N7O4S2/c1-13-24(2,34-23(28)39-25(13,3)40(4,35)36)15-9-14(10-16(26)20(15)27)32-22-21-17(5-6-30-22)33-18(11-31-21)38-12-19-29-7-8-37-19/h5-11,13H,12H2,1-4H3,(H2,28,34)(H,30,32)/t13-,24-,25+/m0/s1. The van der Waals surface area contributed by atoms with Gasteiger partial charge in [-0.1, -0.05) is 18.7 Å². The second kappa shape index (κ2) is 9.96. The zero-order valence-electron chi connectivity index (χ0n) is 21.8. The first-order valence-corrected chi connectivity index (χ1v) is 14.7. The van der Waals surface area contributed by atoms with Crippen LogP contribution in [-0.2, 0) is 22.0 Å². The molecule has 0 unspecified atom stereocenters. The smallest absolute Gasteiger partial charge is 0.233 e. The van der Waals surface area contributed by atoms with E-state index in [-0.39, 0.29) is 34.7 Å². The first-order valence-electron chi connectivity index (χ1n) is 12.0. The Bertz CT molecular complexity index is 1740. The normalized spacial score (nSPS) is 23.1. The Hall–Kier alpha value is -3.85. The van der Waals surface area contributed by atoms with Gasteiger partial charge in [0, 0.05) is 35.7 Å². The number of aliphatic imine (C=N–C) groups is 1. The molecule has 4 aromatic rings. The number of sulfone groups is 1. The summed E-state index contributed by atoms with van der Waals surface area (Å²) >= 11 is 0.887. The number of rotatable bonds is 7. The number of ether oxygens (including phenoxy) is 1. The van der Waals surface area contributed by atoms with E-state index in [1.165, 1.54) is 44.8 Å². The predicted octanol–water partition coefficient (Wildman–Crippen LogP) is 4.29. The van der Waals surface area contributed by atoms with E-state index in [2.05, 4.69) is 30.2 Å². The lowest BCUT2D eigenvalue weighted by atomic mass is 9.78. The van der Waals surface area contributed by atoms with Crippen LogP contribution in [0.15, 0.2) is 52.5 Å². The van der Waals surface area contributed by atoms with E-state index in [1.807, 2.05) is 0 Å². The number of anilines is 2. The van der Waals surface area contributed by atoms with Crippen molar-refractivity contribution in [2.75, 3.05) is 11.6 Å². The van der Waals surface area contributed by atoms with Gasteiger partial charge in [-0.05, 0) is 26.0 Å². The molecule has 0 spiro atoms. The van der Waals surface area contributed by atoms with E-state index in [9.17, 15) is 12.8 Å². The molecule has 210 valence electrons. The van der Waals surface area contributed by atoms with Crippen LogP contribution in [0.5, 0.6) is 5.88 Å². The second-order valence-electron chi connectivity index (χ2n) is 9.60. The number of nitrogens with one attached hydrogen (secondary N) is 1. The third kappa shape index (κ3) is 4.83. The molecular weight excluding hydrogens is 564 g/mol. The predicted molar refractivity (Wildman–Crippen MR) is 147 cm³/mol. The van der Waals surface area contributed by atoms with Crippen molar-refractivity contribution >= 4 is 49.3 Å². The lowest BCUT2D eigenvalue weighted by molar-refractivity contribution is 0.253. The van der Waals surface area contributed by atoms with Crippen molar-refractivity contribution in [1.29, 1.82) is 0 Å². The summed E-state index contributed by atoms with van der Waals surface area (Å²) in [5.41, 5.74) is 5.28. The highest BCUT2D eigenvalue weighted by Crippen LogP contribution is 2.52. The van der Waals surface area contributed by atoms with E-state index >= 15 is 4.39 Å². The number of aromatic nitrogens is 4. The van der Waals surface area contributed by atoms with Crippen molar-refractivity contribution in [2.24, 2.45) is 16.6 Å². The number of benzene rings is 1. The molecule has 4 heterocycles. The Labute approximate surface area is 232 Å². The summed E-state index contributed by atoms with van der Waals surface area (Å²) < 4.78 is 65.1. The molecule has 40 heavy (non-hydrogen) atoms. The number of amidine groups is 1. The van der Waals surface area contributed by atoms with Gasteiger partial charge < -0.3 is 20.2 Å². The SMILES string of the molecule is C[C@@H]1[C@@](C)(S(C)(=O)=O)SC(N)=N[C@]1(C)c1cc(Nc2nccc3nc(OCc4ncco4)cnc23)cc(F)c1F. The van der Waals surface area contributed by atoms with Crippen LogP contribution < -0.4 is 15.8 Å². The fraction of sp³-hybridized carbons (Fsp3) is 0.320. The van der Waals surface area contributed by atoms with Crippen LogP contribution in [0, 0.1) is 17.6 Å². The summed E-state index contributed by atoms with van der Waals surface area (Å²) in [6.45, 7) is 4.74. The fourth-order valence-electron chi connectivity index (χ4n) is 4.56. The number of thioether (sulfide) groups is 1. The molecule has 1 aliphatic heterocycles. The number of hydrogen-bond acceptors (Lipinski definition) is 12. The van der Waals surface area contributed by atoms with E-state index in [0.29, 0.717) is 16.9 Å². The van der Waals surface area contributed by atoms with E-state index < -0.39 is 37.0 Å². The first kappa shape index (κ1) is 27.7. The molecule has 1 aliphatic rings. The Balaban J connectivity index is 1.51. The monoisotopic (exact) mass is 589 g/mol. The molecule has 15 heteroatoms. The maximum atomic E-state index is 15.3. The minimum atomic E-state index is -3.69. The minimum absolute atomic E-state index is 0.0430. The van der Waals surface area contributed by atoms with Gasteiger partial charge in [-0.2, -0.15) is 0 Å². The molecule has 11 nitrogen and oxygen atoms in total. The van der Waals surface area contributed by atoms with Gasteiger partial charge in [-0.15, -0.1) is 0 Å². The number of fused-ring (bicyclic) bond motifs is 1. The van der Waals surface area contributed by atoms with Gasteiger partial charge in [0.05, 0.1) is 23.4 Å². The number of nitrogens with two attached hydrogens (primary N) is 1. The van der Waals surface area contributed by atoms with Crippen molar-refractivity contribution in [1.82, 2.24) is 19.9 Å². The number of pyridine rings is 1. The highest BCUT2D eigenvalue weighted by Gasteiger charge is 2.55. The third-order valence-corrected chi connectivity index (χ3v) is 11.2. The maximum Gasteiger partial charge on any atom is 0.233 e. The summed E-state index contributed by atoms with van der Waals surface area (Å²) in [5, 5.41) is 2.93. The highest BCUT2D eigenvalue weighted by molar-refractivity contribution is 8.23. The van der Waals surface area contributed by atoms with Gasteiger partial charge in [0.2, 0.25) is 11.8 Å². The third-order valence-electron chi connectivity index (χ3n) is 7.12. The van der Waals surface area contributed by atoms with Gasteiger partial charge in [-0.3, -0.25) is 4.99 Å². The second-order valence-corrected chi connectivity index (χ2v) is 13.7. The van der Waals surface area contributed by atoms with Gasteiger partial charge in [0.1, 0.15) is 15.9 Å². The van der Waals surface area contributed by atoms with Crippen molar-refractivity contribution in [3.8, 4) is 5.88 Å². The molecule has 5 rings (SSSR count). The Morgan fingerprint density at radius 1 is 1.20 bits per heavy atom. The molecular formula is C25H25F2N7O4S2. The quantitative estimate of drug-likeness (QED) is 0.317. The summed E-state index contributed by atoms with van der Waals surface area (Å²) in [4.78, 5) is 21.5. The van der Waals surface area contributed by atoms with E-state index in [4.69, 9.17) is 14.9 Å². The molecule has 0 radical (unpaired) electrons. The molecule has 0 saturated heterocycles. The van der Waals surface area contributed by atoms with E-state index in [1.54, 1.807) is 13.0 Å². The minimum Gasteiger partial charge on any atom is -0.467 e. The van der Waals surface area contributed by atoms with Crippen LogP contribution in [0.2, 0.25) is 0 Å². The molecule has 3 atom stereocenters. The molecule has 1 aromatic carbocycles. The number of halogens is 2. The summed E-state index contributed by atoms with van der Waals surface area (Å²) in [6, 6.07) is 3.95. The zero-order valence-corrected chi connectivity index (χ0v) is 23.5. The summed E-state index contributed by atoms with van der Waals surface area (Å²) in [5.74, 6) is -2.28. The first-order chi connectivity index (χ1) is 18.8. The number of nitrogens with zero attached hydrogens (tertiary/aromatic N) is 5. The van der Waals surface area contributed by atoms with E-state index in [0.717, 1.165) is 24.1 Å². The molecule has 3 aromatic heterocycles. The average molecular weight is 590 g/mol. The Morgan fingerprint density at radius 3 is 2.67 bits per heavy atom. The van der Waals surface area contributed by atoms with Crippen molar-refractivity contribution < 1.29 is 26.4 Å². The van der Waals surface area contributed by atoms with Crippen molar-refractivity contribution in [3.63, 3.8) is 0 Å². The van der Waals surface area contributed by atoms with Crippen LogP contribution in [0.1, 0.15) is 32.2 Å². The molecule has 0 amide bonds. The summed E-state index contributed by atoms with van der Waals surface area (Å²) in [7, 11) is -3.69. The summed E-state index contributed by atoms with van der Waals surface area (Å²) in [6.07, 6.45) is 6.88. The lowest BCUT2D eigenvalue weighted by Gasteiger charge is -2.46. The van der Waals surface area contributed by atoms with Gasteiger partial charge >= 0.3 is 0 Å². The van der Waals surface area contributed by atoms with Crippen LogP contribution in [0.25, 0.3) is 11.0 Å². The highest BCUT2D eigenvalue weighted by atomic mass is 32.3. The Kier molecular flexibility index (Phi) is 6.90. The largest absolute Gasteiger partial charge is 0.467 e. The van der Waals surface area contributed by atoms with Crippen molar-refractivity contribution in [3.05, 3.63) is 66.1 Å². The van der Waals surface area contributed by atoms with Gasteiger partial charge in [0.25, 0.3) is 0 Å². The van der Waals surface area contributed by atoms with Gasteiger partial charge in [0.15, 0.2) is 39.1 Å². The number of hydrogen-bond donors (Lipinski definition) is 2. The Morgan fingerprint density at radius 2 is 1.98 bits per heavy atom. The average Bonchev–Trinajstić information content (AvgIpc) is 3.41. The van der Waals surface area contributed by atoms with Crippen LogP contribution in [0.4, 0.5) is 20.3 Å². The molecule has 0 fully saturated rings. The van der Waals surface area contributed by atoms with Crippen molar-refractivity contribution in [2.45, 2.75) is 37.0 Å². The lowest BCUT2D eigenvalue weighted by Crippen LogP contribution is -2.52. The van der Waals surface area contributed by atoms with Crippen LogP contribution in [0.3, 0.4) is 0 Å². The van der Waals surface area contributed by atoms with Crippen LogP contribution >= 0.6 is 11.8 Å². The maximum absolute atomic E-state index is 15.3. The van der Waals surface area contributed by atoms with Crippen LogP contribution in [-0.4, -0.2) is 43.9 Å². The molecule has 0 bridgehead atoms. The molecule has 0 saturated carbocycles. The fourth-order valence-corrected chi connectivity index (χ4v) is 7.35. The zero-order chi connectivity index (χ0) is 28.9. The number of oxazole rings is 1. The topological polar surface area (TPSA) is 158 Å². The van der Waals surface area contributed by atoms with Gasteiger partial charge in [-0.25, -0.2) is 37.1 Å². The molecule has 3 N–H and O–H groups in total. The molecule has 0 aliphatic carbocycles.